The van der Waals surface area contributed by atoms with Crippen molar-refractivity contribution in [2.75, 3.05) is 19.8 Å². The quantitative estimate of drug-likeness (QED) is 0.873. The Bertz CT molecular complexity index is 364. The van der Waals surface area contributed by atoms with Crippen LogP contribution < -0.4 is 4.74 Å². The molecular formula is C15H22O3. The highest BCUT2D eigenvalue weighted by molar-refractivity contribution is 5.31. The molecule has 0 aromatic heterocycles. The molecule has 1 aromatic rings. The van der Waals surface area contributed by atoms with Crippen molar-refractivity contribution in [3.05, 3.63) is 29.8 Å². The lowest BCUT2D eigenvalue weighted by Crippen LogP contribution is -2.32. The summed E-state index contributed by atoms with van der Waals surface area (Å²) in [7, 11) is 0. The highest BCUT2D eigenvalue weighted by Crippen LogP contribution is 2.35. The van der Waals surface area contributed by atoms with Gasteiger partial charge in [-0.1, -0.05) is 19.1 Å². The molecule has 0 bridgehead atoms. The zero-order chi connectivity index (χ0) is 13.0. The minimum absolute atomic E-state index is 0.180. The third-order valence-corrected chi connectivity index (χ3v) is 3.64. The van der Waals surface area contributed by atoms with Crippen LogP contribution in [0.25, 0.3) is 0 Å². The van der Waals surface area contributed by atoms with Crippen molar-refractivity contribution in [2.45, 2.75) is 32.3 Å². The van der Waals surface area contributed by atoms with E-state index < -0.39 is 5.60 Å². The molecular weight excluding hydrogens is 228 g/mol. The van der Waals surface area contributed by atoms with Crippen LogP contribution in [0.2, 0.25) is 0 Å². The second-order valence-corrected chi connectivity index (χ2v) is 5.08. The monoisotopic (exact) mass is 250 g/mol. The smallest absolute Gasteiger partial charge is 0.119 e. The highest BCUT2D eigenvalue weighted by Gasteiger charge is 2.36. The molecule has 18 heavy (non-hydrogen) atoms. The minimum Gasteiger partial charge on any atom is -0.494 e. The topological polar surface area (TPSA) is 38.7 Å². The maximum atomic E-state index is 10.6. The molecule has 3 nitrogen and oxygen atoms in total. The first kappa shape index (κ1) is 13.4. The molecule has 1 heterocycles. The molecule has 1 aliphatic rings. The molecule has 0 radical (unpaired) electrons. The summed E-state index contributed by atoms with van der Waals surface area (Å²) in [6.07, 6.45) is 1.92. The van der Waals surface area contributed by atoms with Crippen molar-refractivity contribution in [3.63, 3.8) is 0 Å². The second kappa shape index (κ2) is 5.72. The van der Waals surface area contributed by atoms with Gasteiger partial charge in [0.25, 0.3) is 0 Å². The maximum absolute atomic E-state index is 10.6. The van der Waals surface area contributed by atoms with E-state index in [2.05, 4.69) is 6.92 Å². The first-order valence-corrected chi connectivity index (χ1v) is 6.68. The Hall–Kier alpha value is -1.06. The first-order valence-electron chi connectivity index (χ1n) is 6.68. The Balaban J connectivity index is 2.07. The average molecular weight is 250 g/mol. The van der Waals surface area contributed by atoms with Gasteiger partial charge in [-0.3, -0.25) is 0 Å². The Morgan fingerprint density at radius 1 is 1.39 bits per heavy atom. The Labute approximate surface area is 109 Å². The van der Waals surface area contributed by atoms with Crippen molar-refractivity contribution in [2.24, 2.45) is 5.92 Å². The van der Waals surface area contributed by atoms with Crippen molar-refractivity contribution >= 4 is 0 Å². The number of aliphatic hydroxyl groups is 1. The van der Waals surface area contributed by atoms with Crippen LogP contribution in [-0.4, -0.2) is 24.9 Å². The molecule has 1 aliphatic heterocycles. The lowest BCUT2D eigenvalue weighted by Gasteiger charge is -2.29. The van der Waals surface area contributed by atoms with Crippen molar-refractivity contribution < 1.29 is 14.6 Å². The molecule has 0 spiro atoms. The van der Waals surface area contributed by atoms with E-state index in [1.165, 1.54) is 0 Å². The molecule has 2 rings (SSSR count). The molecule has 100 valence electrons. The molecule has 2 unspecified atom stereocenters. The van der Waals surface area contributed by atoms with E-state index in [4.69, 9.17) is 9.47 Å². The van der Waals surface area contributed by atoms with Gasteiger partial charge >= 0.3 is 0 Å². The fourth-order valence-electron chi connectivity index (χ4n) is 2.32. The summed E-state index contributed by atoms with van der Waals surface area (Å²) in [5.74, 6) is 1.04. The summed E-state index contributed by atoms with van der Waals surface area (Å²) in [5.41, 5.74) is 0.113. The van der Waals surface area contributed by atoms with Crippen LogP contribution in [0, 0.1) is 5.92 Å². The van der Waals surface area contributed by atoms with Gasteiger partial charge in [0, 0.05) is 12.5 Å². The third-order valence-electron chi connectivity index (χ3n) is 3.64. The molecule has 0 aliphatic carbocycles. The zero-order valence-corrected chi connectivity index (χ0v) is 11.2. The molecule has 2 atom stereocenters. The Kier molecular flexibility index (Phi) is 4.25. The predicted octanol–water partition coefficient (Wildman–Crippen LogP) is 2.72. The van der Waals surface area contributed by atoms with Crippen LogP contribution >= 0.6 is 0 Å². The largest absolute Gasteiger partial charge is 0.494 e. The van der Waals surface area contributed by atoms with E-state index in [1.807, 2.05) is 31.2 Å². The second-order valence-electron chi connectivity index (χ2n) is 5.08. The summed E-state index contributed by atoms with van der Waals surface area (Å²) in [6.45, 7) is 6.07. The van der Waals surface area contributed by atoms with Gasteiger partial charge in [0.05, 0.1) is 18.8 Å². The van der Waals surface area contributed by atoms with Gasteiger partial charge in [-0.05, 0) is 37.5 Å². The van der Waals surface area contributed by atoms with Gasteiger partial charge in [-0.25, -0.2) is 0 Å². The molecule has 0 saturated carbocycles. The summed E-state index contributed by atoms with van der Waals surface area (Å²) in [6, 6.07) is 7.75. The molecule has 0 amide bonds. The van der Waals surface area contributed by atoms with Gasteiger partial charge < -0.3 is 14.6 Å². The Morgan fingerprint density at radius 3 is 2.67 bits per heavy atom. The average Bonchev–Trinajstić information content (AvgIpc) is 2.91. The number of hydrogen-bond acceptors (Lipinski definition) is 3. The van der Waals surface area contributed by atoms with Gasteiger partial charge in [-0.2, -0.15) is 0 Å². The van der Waals surface area contributed by atoms with Gasteiger partial charge in [0.15, 0.2) is 0 Å². The standard InChI is InChI=1S/C15H22O3/c1-3-9-18-14-6-4-12(5-7-14)15(2,16)13-8-10-17-11-13/h4-7,13,16H,3,8-11H2,1-2H3. The molecule has 1 saturated heterocycles. The third kappa shape index (κ3) is 2.85. The lowest BCUT2D eigenvalue weighted by atomic mass is 9.82. The SMILES string of the molecule is CCCOc1ccc(C(C)(O)C2CCOC2)cc1. The molecule has 1 N–H and O–H groups in total. The maximum Gasteiger partial charge on any atom is 0.119 e. The summed E-state index contributed by atoms with van der Waals surface area (Å²) >= 11 is 0. The van der Waals surface area contributed by atoms with Gasteiger partial charge in [-0.15, -0.1) is 0 Å². The number of hydrogen-bond donors (Lipinski definition) is 1. The summed E-state index contributed by atoms with van der Waals surface area (Å²) < 4.78 is 10.9. The van der Waals surface area contributed by atoms with Crippen molar-refractivity contribution in [1.29, 1.82) is 0 Å². The van der Waals surface area contributed by atoms with Crippen molar-refractivity contribution in [1.82, 2.24) is 0 Å². The van der Waals surface area contributed by atoms with E-state index in [0.717, 1.165) is 37.4 Å². The van der Waals surface area contributed by atoms with Crippen LogP contribution in [0.1, 0.15) is 32.3 Å². The van der Waals surface area contributed by atoms with Gasteiger partial charge in [0.2, 0.25) is 0 Å². The van der Waals surface area contributed by atoms with E-state index >= 15 is 0 Å². The number of ether oxygens (including phenoxy) is 2. The predicted molar refractivity (Wildman–Crippen MR) is 70.7 cm³/mol. The first-order chi connectivity index (χ1) is 8.64. The molecule has 3 heteroatoms. The number of rotatable bonds is 5. The normalized spacial score (nSPS) is 22.7. The van der Waals surface area contributed by atoms with Gasteiger partial charge in [0.1, 0.15) is 5.75 Å². The minimum atomic E-state index is -0.820. The summed E-state index contributed by atoms with van der Waals surface area (Å²) in [5, 5.41) is 10.6. The number of benzene rings is 1. The van der Waals surface area contributed by atoms with Crippen LogP contribution in [-0.2, 0) is 10.3 Å². The van der Waals surface area contributed by atoms with Crippen LogP contribution in [0.5, 0.6) is 5.75 Å². The van der Waals surface area contributed by atoms with Crippen LogP contribution in [0.4, 0.5) is 0 Å². The molecule has 1 fully saturated rings. The fourth-order valence-corrected chi connectivity index (χ4v) is 2.32. The lowest BCUT2D eigenvalue weighted by molar-refractivity contribution is -0.00974. The van der Waals surface area contributed by atoms with E-state index in [9.17, 15) is 5.11 Å². The van der Waals surface area contributed by atoms with Crippen LogP contribution in [0.15, 0.2) is 24.3 Å². The van der Waals surface area contributed by atoms with E-state index in [-0.39, 0.29) is 5.92 Å². The van der Waals surface area contributed by atoms with Crippen molar-refractivity contribution in [3.8, 4) is 5.75 Å². The van der Waals surface area contributed by atoms with E-state index in [1.54, 1.807) is 0 Å². The highest BCUT2D eigenvalue weighted by atomic mass is 16.5. The molecule has 1 aromatic carbocycles. The summed E-state index contributed by atoms with van der Waals surface area (Å²) in [4.78, 5) is 0. The Morgan fingerprint density at radius 2 is 2.11 bits per heavy atom. The zero-order valence-electron chi connectivity index (χ0n) is 11.2. The van der Waals surface area contributed by atoms with Crippen LogP contribution in [0.3, 0.4) is 0 Å². The van der Waals surface area contributed by atoms with E-state index in [0.29, 0.717) is 6.61 Å². The fraction of sp³-hybridized carbons (Fsp3) is 0.600.